The lowest BCUT2D eigenvalue weighted by atomic mass is 10.1. The molecule has 0 heterocycles. The van der Waals surface area contributed by atoms with Gasteiger partial charge in [-0.2, -0.15) is 0 Å². The number of hydrogen-bond donors (Lipinski definition) is 1. The van der Waals surface area contributed by atoms with Gasteiger partial charge in [0.2, 0.25) is 0 Å². The Kier molecular flexibility index (Phi) is 8.36. The average molecular weight is 290 g/mol. The number of hydrogen-bond acceptors (Lipinski definition) is 5. The zero-order valence-electron chi connectivity index (χ0n) is 12.6. The third-order valence-corrected chi connectivity index (χ3v) is 5.91. The van der Waals surface area contributed by atoms with Crippen LogP contribution in [0.2, 0.25) is 0 Å². The molecular weight excluding hydrogens is 264 g/mol. The highest BCUT2D eigenvalue weighted by molar-refractivity contribution is 6.62. The summed E-state index contributed by atoms with van der Waals surface area (Å²) >= 11 is 0. The molecule has 0 aromatic rings. The topological polar surface area (TPSA) is 65.0 Å². The van der Waals surface area contributed by atoms with E-state index >= 15 is 0 Å². The van der Waals surface area contributed by atoms with Crippen LogP contribution in [0.3, 0.4) is 0 Å². The standard InChI is InChI=1S/C13H26O5Si/c1-7-12(14)19(16-8-2,17-9-3)18-11(6)13(15)10(4)5/h11-12,14H,4,7-9H2,1-3,5-6H3. The van der Waals surface area contributed by atoms with Crippen molar-refractivity contribution in [3.8, 4) is 0 Å². The van der Waals surface area contributed by atoms with E-state index in [2.05, 4.69) is 6.58 Å². The molecule has 0 rings (SSSR count). The molecule has 2 unspecified atom stereocenters. The number of aliphatic hydroxyl groups excluding tert-OH is 1. The minimum Gasteiger partial charge on any atom is -0.389 e. The first kappa shape index (κ1) is 18.5. The Hall–Kier alpha value is -0.533. The van der Waals surface area contributed by atoms with E-state index in [4.69, 9.17) is 13.3 Å². The molecule has 5 nitrogen and oxygen atoms in total. The van der Waals surface area contributed by atoms with Crippen molar-refractivity contribution < 1.29 is 23.2 Å². The molecule has 6 heteroatoms. The summed E-state index contributed by atoms with van der Waals surface area (Å²) in [6.45, 7) is 13.0. The number of aliphatic hydroxyl groups is 1. The first-order valence-corrected chi connectivity index (χ1v) is 8.48. The molecule has 19 heavy (non-hydrogen) atoms. The van der Waals surface area contributed by atoms with E-state index in [9.17, 15) is 9.90 Å². The molecule has 0 aromatic heterocycles. The SMILES string of the molecule is C=C(C)C(=O)C(C)O[Si](OCC)(OCC)C(O)CC. The molecule has 0 aromatic carbocycles. The Labute approximate surface area is 116 Å². The van der Waals surface area contributed by atoms with E-state index in [1.165, 1.54) is 0 Å². The highest BCUT2D eigenvalue weighted by Gasteiger charge is 2.50. The normalized spacial score (nSPS) is 15.1. The summed E-state index contributed by atoms with van der Waals surface area (Å²) in [4.78, 5) is 11.8. The van der Waals surface area contributed by atoms with Gasteiger partial charge in [-0.1, -0.05) is 13.5 Å². The molecule has 1 N–H and O–H groups in total. The lowest BCUT2D eigenvalue weighted by Crippen LogP contribution is -2.58. The van der Waals surface area contributed by atoms with Crippen molar-refractivity contribution in [2.45, 2.75) is 52.9 Å². The van der Waals surface area contributed by atoms with Crippen molar-refractivity contribution in [3.63, 3.8) is 0 Å². The predicted octanol–water partition coefficient (Wildman–Crippen LogP) is 1.86. The molecule has 0 bridgehead atoms. The summed E-state index contributed by atoms with van der Waals surface area (Å²) < 4.78 is 16.9. The maximum absolute atomic E-state index is 11.8. The van der Waals surface area contributed by atoms with Gasteiger partial charge in [0, 0.05) is 13.2 Å². The smallest absolute Gasteiger partial charge is 0.389 e. The fraction of sp³-hybridized carbons (Fsp3) is 0.769. The second kappa shape index (κ2) is 8.60. The highest BCUT2D eigenvalue weighted by atomic mass is 28.4. The molecule has 0 saturated heterocycles. The fourth-order valence-electron chi connectivity index (χ4n) is 1.68. The molecule has 0 aliphatic carbocycles. The fourth-order valence-corrected chi connectivity index (χ4v) is 4.35. The van der Waals surface area contributed by atoms with Crippen LogP contribution in [0.15, 0.2) is 12.2 Å². The molecule has 0 aliphatic rings. The van der Waals surface area contributed by atoms with Gasteiger partial charge in [-0.15, -0.1) is 0 Å². The third-order valence-electron chi connectivity index (χ3n) is 2.62. The maximum Gasteiger partial charge on any atom is 0.531 e. The first-order valence-electron chi connectivity index (χ1n) is 6.68. The molecule has 0 fully saturated rings. The second-order valence-electron chi connectivity index (χ2n) is 4.30. The van der Waals surface area contributed by atoms with Crippen LogP contribution < -0.4 is 0 Å². The average Bonchev–Trinajstić information content (AvgIpc) is 2.36. The van der Waals surface area contributed by atoms with Gasteiger partial charge >= 0.3 is 8.80 Å². The molecule has 0 radical (unpaired) electrons. The maximum atomic E-state index is 11.8. The van der Waals surface area contributed by atoms with Crippen LogP contribution in [-0.4, -0.2) is 44.7 Å². The second-order valence-corrected chi connectivity index (χ2v) is 6.98. The van der Waals surface area contributed by atoms with Crippen molar-refractivity contribution in [1.29, 1.82) is 0 Å². The van der Waals surface area contributed by atoms with Crippen molar-refractivity contribution in [1.82, 2.24) is 0 Å². The zero-order valence-corrected chi connectivity index (χ0v) is 13.6. The number of ketones is 1. The van der Waals surface area contributed by atoms with Crippen LogP contribution in [0.1, 0.15) is 41.0 Å². The Morgan fingerprint density at radius 1 is 1.26 bits per heavy atom. The van der Waals surface area contributed by atoms with Gasteiger partial charge in [0.05, 0.1) is 0 Å². The predicted molar refractivity (Wildman–Crippen MR) is 75.7 cm³/mol. The van der Waals surface area contributed by atoms with Gasteiger partial charge in [-0.3, -0.25) is 4.79 Å². The van der Waals surface area contributed by atoms with E-state index in [1.54, 1.807) is 27.7 Å². The Morgan fingerprint density at radius 3 is 2.05 bits per heavy atom. The van der Waals surface area contributed by atoms with Crippen molar-refractivity contribution in [3.05, 3.63) is 12.2 Å². The Balaban J connectivity index is 5.10. The molecular formula is C13H26O5Si. The van der Waals surface area contributed by atoms with Crippen LogP contribution >= 0.6 is 0 Å². The summed E-state index contributed by atoms with van der Waals surface area (Å²) in [6.07, 6.45) is -0.288. The van der Waals surface area contributed by atoms with Crippen LogP contribution in [-0.2, 0) is 18.1 Å². The van der Waals surface area contributed by atoms with Crippen molar-refractivity contribution in [2.75, 3.05) is 13.2 Å². The molecule has 0 aliphatic heterocycles. The summed E-state index contributed by atoms with van der Waals surface area (Å²) in [5.41, 5.74) is -0.429. The minimum absolute atomic E-state index is 0.209. The number of Topliss-reactive ketones (excluding diaryl/α,β-unsaturated/α-hetero) is 1. The van der Waals surface area contributed by atoms with Gasteiger partial charge in [0.25, 0.3) is 0 Å². The van der Waals surface area contributed by atoms with E-state index in [0.29, 0.717) is 25.2 Å². The van der Waals surface area contributed by atoms with Crippen LogP contribution in [0.4, 0.5) is 0 Å². The number of rotatable bonds is 10. The van der Waals surface area contributed by atoms with Crippen LogP contribution in [0, 0.1) is 0 Å². The molecule has 2 atom stereocenters. The summed E-state index contributed by atoms with van der Waals surface area (Å²) in [6, 6.07) is 0. The number of carbonyl (C=O) groups excluding carboxylic acids is 1. The number of carbonyl (C=O) groups is 1. The minimum atomic E-state index is -3.28. The van der Waals surface area contributed by atoms with Crippen LogP contribution in [0.25, 0.3) is 0 Å². The molecule has 0 spiro atoms. The lowest BCUT2D eigenvalue weighted by molar-refractivity contribution is -0.124. The lowest BCUT2D eigenvalue weighted by Gasteiger charge is -2.34. The van der Waals surface area contributed by atoms with Gasteiger partial charge in [0.1, 0.15) is 11.8 Å². The van der Waals surface area contributed by atoms with Gasteiger partial charge in [-0.05, 0) is 39.7 Å². The van der Waals surface area contributed by atoms with Crippen molar-refractivity contribution >= 4 is 14.6 Å². The largest absolute Gasteiger partial charge is 0.531 e. The zero-order chi connectivity index (χ0) is 15.1. The Bertz CT molecular complexity index is 299. The summed E-state index contributed by atoms with van der Waals surface area (Å²) in [5.74, 6) is -0.209. The van der Waals surface area contributed by atoms with Crippen molar-refractivity contribution in [2.24, 2.45) is 0 Å². The third kappa shape index (κ3) is 5.16. The van der Waals surface area contributed by atoms with Gasteiger partial charge in [0.15, 0.2) is 5.78 Å². The quantitative estimate of drug-likeness (QED) is 0.491. The molecule has 0 saturated carbocycles. The molecule has 112 valence electrons. The monoisotopic (exact) mass is 290 g/mol. The molecule has 0 amide bonds. The van der Waals surface area contributed by atoms with E-state index < -0.39 is 20.6 Å². The van der Waals surface area contributed by atoms with E-state index in [-0.39, 0.29) is 5.78 Å². The highest BCUT2D eigenvalue weighted by Crippen LogP contribution is 2.20. The van der Waals surface area contributed by atoms with E-state index in [0.717, 1.165) is 0 Å². The summed E-state index contributed by atoms with van der Waals surface area (Å²) in [7, 11) is -3.28. The van der Waals surface area contributed by atoms with Gasteiger partial charge < -0.3 is 18.4 Å². The van der Waals surface area contributed by atoms with E-state index in [1.807, 2.05) is 6.92 Å². The summed E-state index contributed by atoms with van der Waals surface area (Å²) in [5, 5.41) is 10.2. The first-order chi connectivity index (χ1) is 8.84. The Morgan fingerprint density at radius 2 is 1.74 bits per heavy atom. The van der Waals surface area contributed by atoms with Crippen LogP contribution in [0.5, 0.6) is 0 Å². The van der Waals surface area contributed by atoms with Gasteiger partial charge in [-0.25, -0.2) is 0 Å².